The smallest absolute Gasteiger partial charge is 0.417 e. The molecule has 0 unspecified atom stereocenters. The van der Waals surface area contributed by atoms with E-state index in [9.17, 15) is 22.8 Å². The maximum atomic E-state index is 13.0. The van der Waals surface area contributed by atoms with Crippen LogP contribution in [0.2, 0.25) is 0 Å². The first kappa shape index (κ1) is 15.8. The summed E-state index contributed by atoms with van der Waals surface area (Å²) in [6, 6.07) is 6.02. The summed E-state index contributed by atoms with van der Waals surface area (Å²) in [5, 5.41) is 0. The Morgan fingerprint density at radius 1 is 1.27 bits per heavy atom. The Labute approximate surface area is 123 Å². The molecule has 2 rings (SSSR count). The van der Waals surface area contributed by atoms with Crippen molar-refractivity contribution in [3.05, 3.63) is 58.0 Å². The second-order valence-electron chi connectivity index (χ2n) is 4.39. The van der Waals surface area contributed by atoms with E-state index >= 15 is 0 Å². The zero-order valence-electron chi connectivity index (χ0n) is 11.5. The number of alkyl halides is 3. The molecule has 0 bridgehead atoms. The summed E-state index contributed by atoms with van der Waals surface area (Å²) in [5.41, 5.74) is -1.95. The first-order chi connectivity index (χ1) is 10.3. The van der Waals surface area contributed by atoms with E-state index in [-0.39, 0.29) is 23.3 Å². The SMILES string of the molecule is CCOC(=O)c1cc(-c2ccccc2C(F)(F)F)c[nH]c1=O. The Kier molecular flexibility index (Phi) is 4.35. The van der Waals surface area contributed by atoms with Gasteiger partial charge in [-0.2, -0.15) is 13.2 Å². The zero-order valence-corrected chi connectivity index (χ0v) is 11.5. The molecule has 4 nitrogen and oxygen atoms in total. The number of benzene rings is 1. The van der Waals surface area contributed by atoms with Crippen LogP contribution in [0.25, 0.3) is 11.1 Å². The average Bonchev–Trinajstić information content (AvgIpc) is 2.47. The van der Waals surface area contributed by atoms with Crippen LogP contribution >= 0.6 is 0 Å². The van der Waals surface area contributed by atoms with Gasteiger partial charge in [0.25, 0.3) is 5.56 Å². The maximum absolute atomic E-state index is 13.0. The van der Waals surface area contributed by atoms with Gasteiger partial charge in [-0.3, -0.25) is 4.79 Å². The summed E-state index contributed by atoms with van der Waals surface area (Å²) in [6.07, 6.45) is -3.41. The maximum Gasteiger partial charge on any atom is 0.417 e. The monoisotopic (exact) mass is 311 g/mol. The molecule has 7 heteroatoms. The van der Waals surface area contributed by atoms with Gasteiger partial charge in [0.05, 0.1) is 12.2 Å². The largest absolute Gasteiger partial charge is 0.462 e. The highest BCUT2D eigenvalue weighted by molar-refractivity contribution is 5.90. The lowest BCUT2D eigenvalue weighted by Gasteiger charge is -2.13. The van der Waals surface area contributed by atoms with E-state index in [2.05, 4.69) is 4.98 Å². The van der Waals surface area contributed by atoms with Crippen LogP contribution in [-0.4, -0.2) is 17.6 Å². The topological polar surface area (TPSA) is 59.2 Å². The Morgan fingerprint density at radius 2 is 1.95 bits per heavy atom. The number of hydrogen-bond donors (Lipinski definition) is 1. The minimum atomic E-state index is -4.54. The van der Waals surface area contributed by atoms with Crippen LogP contribution in [0.4, 0.5) is 13.2 Å². The minimum absolute atomic E-state index is 0.0572. The predicted octanol–water partition coefficient (Wildman–Crippen LogP) is 3.24. The van der Waals surface area contributed by atoms with Crippen molar-refractivity contribution in [1.82, 2.24) is 4.98 Å². The number of carbonyl (C=O) groups excluding carboxylic acids is 1. The molecule has 0 spiro atoms. The van der Waals surface area contributed by atoms with Gasteiger partial charge in [0.2, 0.25) is 0 Å². The van der Waals surface area contributed by atoms with Crippen LogP contribution in [0.5, 0.6) is 0 Å². The molecule has 116 valence electrons. The van der Waals surface area contributed by atoms with Gasteiger partial charge >= 0.3 is 12.1 Å². The molecule has 1 N–H and O–H groups in total. The van der Waals surface area contributed by atoms with Gasteiger partial charge < -0.3 is 9.72 Å². The summed E-state index contributed by atoms with van der Waals surface area (Å²) in [7, 11) is 0. The van der Waals surface area contributed by atoms with Crippen molar-refractivity contribution in [3.8, 4) is 11.1 Å². The molecule has 0 saturated heterocycles. The van der Waals surface area contributed by atoms with Gasteiger partial charge in [-0.05, 0) is 30.2 Å². The van der Waals surface area contributed by atoms with Crippen LogP contribution in [0, 0.1) is 0 Å². The van der Waals surface area contributed by atoms with E-state index < -0.39 is 23.3 Å². The van der Waals surface area contributed by atoms with E-state index in [1.165, 1.54) is 18.2 Å². The number of ether oxygens (including phenoxy) is 1. The Balaban J connectivity index is 2.58. The lowest BCUT2D eigenvalue weighted by atomic mass is 9.99. The van der Waals surface area contributed by atoms with Gasteiger partial charge in [0.1, 0.15) is 5.56 Å². The summed E-state index contributed by atoms with van der Waals surface area (Å²) >= 11 is 0. The molecule has 0 aliphatic carbocycles. The van der Waals surface area contributed by atoms with Crippen molar-refractivity contribution in [2.24, 2.45) is 0 Å². The fourth-order valence-corrected chi connectivity index (χ4v) is 1.98. The van der Waals surface area contributed by atoms with Crippen LogP contribution in [-0.2, 0) is 10.9 Å². The standard InChI is InChI=1S/C15H12F3NO3/c1-2-22-14(21)11-7-9(8-19-13(11)20)10-5-3-4-6-12(10)15(16,17)18/h3-8H,2H2,1H3,(H,19,20). The normalized spacial score (nSPS) is 11.3. The highest BCUT2D eigenvalue weighted by Gasteiger charge is 2.33. The number of rotatable bonds is 3. The van der Waals surface area contributed by atoms with Gasteiger partial charge in [0, 0.05) is 6.20 Å². The number of hydrogen-bond acceptors (Lipinski definition) is 3. The van der Waals surface area contributed by atoms with Gasteiger partial charge in [-0.15, -0.1) is 0 Å². The van der Waals surface area contributed by atoms with Crippen molar-refractivity contribution < 1.29 is 22.7 Å². The molecule has 0 aliphatic rings. The lowest BCUT2D eigenvalue weighted by Crippen LogP contribution is -2.19. The van der Waals surface area contributed by atoms with Crippen molar-refractivity contribution in [2.75, 3.05) is 6.61 Å². The zero-order chi connectivity index (χ0) is 16.3. The van der Waals surface area contributed by atoms with Gasteiger partial charge in [0.15, 0.2) is 0 Å². The number of pyridine rings is 1. The van der Waals surface area contributed by atoms with Gasteiger partial charge in [-0.25, -0.2) is 4.79 Å². The summed E-state index contributed by atoms with van der Waals surface area (Å²) in [4.78, 5) is 25.5. The molecule has 1 aromatic carbocycles. The summed E-state index contributed by atoms with van der Waals surface area (Å²) in [5.74, 6) is -0.880. The molecule has 0 amide bonds. The molecule has 0 saturated carbocycles. The molecule has 0 radical (unpaired) electrons. The molecule has 0 atom stereocenters. The van der Waals surface area contributed by atoms with E-state index in [4.69, 9.17) is 4.74 Å². The predicted molar refractivity (Wildman–Crippen MR) is 73.5 cm³/mol. The Morgan fingerprint density at radius 3 is 2.59 bits per heavy atom. The average molecular weight is 311 g/mol. The van der Waals surface area contributed by atoms with Crippen LogP contribution in [0.15, 0.2) is 41.3 Å². The molecule has 22 heavy (non-hydrogen) atoms. The minimum Gasteiger partial charge on any atom is -0.462 e. The van der Waals surface area contributed by atoms with Crippen LogP contribution in [0.1, 0.15) is 22.8 Å². The molecule has 0 aliphatic heterocycles. The van der Waals surface area contributed by atoms with Crippen molar-refractivity contribution >= 4 is 5.97 Å². The van der Waals surface area contributed by atoms with E-state index in [1.807, 2.05) is 0 Å². The van der Waals surface area contributed by atoms with Crippen LogP contribution < -0.4 is 5.56 Å². The molecule has 1 aromatic heterocycles. The number of esters is 1. The lowest BCUT2D eigenvalue weighted by molar-refractivity contribution is -0.137. The first-order valence-electron chi connectivity index (χ1n) is 6.41. The first-order valence-corrected chi connectivity index (χ1v) is 6.41. The molecular formula is C15H12F3NO3. The Bertz CT molecular complexity index is 750. The third kappa shape index (κ3) is 3.19. The van der Waals surface area contributed by atoms with E-state index in [1.54, 1.807) is 6.92 Å². The fraction of sp³-hybridized carbons (Fsp3) is 0.200. The number of carbonyl (C=O) groups is 1. The highest BCUT2D eigenvalue weighted by Crippen LogP contribution is 2.36. The fourth-order valence-electron chi connectivity index (χ4n) is 1.98. The van der Waals surface area contributed by atoms with Crippen LogP contribution in [0.3, 0.4) is 0 Å². The quantitative estimate of drug-likeness (QED) is 0.885. The van der Waals surface area contributed by atoms with Crippen molar-refractivity contribution in [3.63, 3.8) is 0 Å². The van der Waals surface area contributed by atoms with Gasteiger partial charge in [-0.1, -0.05) is 18.2 Å². The third-order valence-electron chi connectivity index (χ3n) is 2.94. The number of aromatic amines is 1. The number of H-pyrrole nitrogens is 1. The second-order valence-corrected chi connectivity index (χ2v) is 4.39. The summed E-state index contributed by atoms with van der Waals surface area (Å²) in [6.45, 7) is 1.62. The second kappa shape index (κ2) is 6.05. The number of aromatic nitrogens is 1. The molecule has 0 fully saturated rings. The summed E-state index contributed by atoms with van der Waals surface area (Å²) < 4.78 is 43.8. The molecule has 2 aromatic rings. The third-order valence-corrected chi connectivity index (χ3v) is 2.94. The van der Waals surface area contributed by atoms with E-state index in [0.29, 0.717) is 0 Å². The number of halogens is 3. The molecular weight excluding hydrogens is 299 g/mol. The number of nitrogens with one attached hydrogen (secondary N) is 1. The Hall–Kier alpha value is -2.57. The van der Waals surface area contributed by atoms with Crippen molar-refractivity contribution in [2.45, 2.75) is 13.1 Å². The van der Waals surface area contributed by atoms with Crippen molar-refractivity contribution in [1.29, 1.82) is 0 Å². The molecule has 1 heterocycles. The highest BCUT2D eigenvalue weighted by atomic mass is 19.4. The van der Waals surface area contributed by atoms with E-state index in [0.717, 1.165) is 18.3 Å².